The second-order valence-electron chi connectivity index (χ2n) is 8.33. The maximum absolute atomic E-state index is 6.10. The molecule has 0 aromatic carbocycles. The van der Waals surface area contributed by atoms with Crippen molar-refractivity contribution in [2.24, 2.45) is 11.3 Å². The number of rotatable bonds is 16. The molecule has 1 aliphatic heterocycles. The second-order valence-corrected chi connectivity index (χ2v) is 8.33. The van der Waals surface area contributed by atoms with Crippen LogP contribution in [-0.4, -0.2) is 32.2 Å². The molecule has 1 saturated heterocycles. The third-order valence-electron chi connectivity index (χ3n) is 5.74. The van der Waals surface area contributed by atoms with E-state index in [1.807, 2.05) is 0 Å². The molecule has 1 atom stereocenters. The van der Waals surface area contributed by atoms with E-state index < -0.39 is 5.79 Å². The van der Waals surface area contributed by atoms with Gasteiger partial charge < -0.3 is 14.2 Å². The lowest BCUT2D eigenvalue weighted by Gasteiger charge is -2.40. The third kappa shape index (κ3) is 8.41. The van der Waals surface area contributed by atoms with Crippen LogP contribution in [0.2, 0.25) is 0 Å². The van der Waals surface area contributed by atoms with Crippen molar-refractivity contribution in [1.82, 2.24) is 0 Å². The standard InChI is InChI=1S/C22H44O3/c1-6-9-10-11-12-13-15-20(22(5,24-7-2)25-8-3)16-14-17-21(4)18-23-19-21/h20H,6-19H2,1-5H3. The first-order chi connectivity index (χ1) is 12.0. The minimum atomic E-state index is -0.427. The Morgan fingerprint density at radius 2 is 1.44 bits per heavy atom. The first-order valence-electron chi connectivity index (χ1n) is 10.9. The summed E-state index contributed by atoms with van der Waals surface area (Å²) in [6, 6.07) is 0. The smallest absolute Gasteiger partial charge is 0.168 e. The zero-order valence-electron chi connectivity index (χ0n) is 17.7. The Bertz CT molecular complexity index is 319. The summed E-state index contributed by atoms with van der Waals surface area (Å²) in [5.74, 6) is 0.0624. The summed E-state index contributed by atoms with van der Waals surface area (Å²) in [6.07, 6.45) is 13.0. The molecule has 3 heteroatoms. The number of ether oxygens (including phenoxy) is 3. The van der Waals surface area contributed by atoms with Crippen LogP contribution < -0.4 is 0 Å². The molecule has 0 aromatic heterocycles. The molecule has 0 N–H and O–H groups in total. The van der Waals surface area contributed by atoms with Gasteiger partial charge in [-0.3, -0.25) is 0 Å². The molecule has 25 heavy (non-hydrogen) atoms. The molecule has 0 saturated carbocycles. The molecule has 0 radical (unpaired) electrons. The molecule has 1 heterocycles. The highest BCUT2D eigenvalue weighted by Crippen LogP contribution is 2.37. The molecule has 0 bridgehead atoms. The Balaban J connectivity index is 2.48. The van der Waals surface area contributed by atoms with E-state index in [4.69, 9.17) is 14.2 Å². The average Bonchev–Trinajstić information content (AvgIpc) is 2.55. The largest absolute Gasteiger partial charge is 0.380 e. The van der Waals surface area contributed by atoms with E-state index in [1.54, 1.807) is 0 Å². The zero-order valence-corrected chi connectivity index (χ0v) is 17.7. The zero-order chi connectivity index (χ0) is 18.6. The van der Waals surface area contributed by atoms with Gasteiger partial charge in [0.1, 0.15) is 0 Å². The van der Waals surface area contributed by atoms with Gasteiger partial charge in [-0.1, -0.05) is 58.8 Å². The molecule has 1 rings (SSSR count). The van der Waals surface area contributed by atoms with Crippen molar-refractivity contribution < 1.29 is 14.2 Å². The predicted molar refractivity (Wildman–Crippen MR) is 106 cm³/mol. The molecule has 0 aromatic rings. The molecule has 0 aliphatic carbocycles. The number of unbranched alkanes of at least 4 members (excludes halogenated alkanes) is 5. The van der Waals surface area contributed by atoms with Crippen LogP contribution in [0, 0.1) is 11.3 Å². The minimum absolute atomic E-state index is 0.415. The van der Waals surface area contributed by atoms with Crippen LogP contribution in [0.25, 0.3) is 0 Å². The van der Waals surface area contributed by atoms with Crippen LogP contribution in [0.3, 0.4) is 0 Å². The van der Waals surface area contributed by atoms with Crippen LogP contribution >= 0.6 is 0 Å². The van der Waals surface area contributed by atoms with Crippen molar-refractivity contribution >= 4 is 0 Å². The summed E-state index contributed by atoms with van der Waals surface area (Å²) in [4.78, 5) is 0. The molecule has 1 unspecified atom stereocenters. The van der Waals surface area contributed by atoms with Crippen molar-refractivity contribution in [2.45, 2.75) is 105 Å². The lowest BCUT2D eigenvalue weighted by molar-refractivity contribution is -0.255. The van der Waals surface area contributed by atoms with Gasteiger partial charge in [0.25, 0.3) is 0 Å². The van der Waals surface area contributed by atoms with Gasteiger partial charge in [0.15, 0.2) is 5.79 Å². The van der Waals surface area contributed by atoms with Crippen molar-refractivity contribution in [2.75, 3.05) is 26.4 Å². The van der Waals surface area contributed by atoms with Crippen LogP contribution in [0.5, 0.6) is 0 Å². The van der Waals surface area contributed by atoms with Gasteiger partial charge in [0.2, 0.25) is 0 Å². The quantitative estimate of drug-likeness (QED) is 0.238. The van der Waals surface area contributed by atoms with Crippen LogP contribution in [0.1, 0.15) is 98.8 Å². The monoisotopic (exact) mass is 356 g/mol. The van der Waals surface area contributed by atoms with E-state index in [-0.39, 0.29) is 0 Å². The summed E-state index contributed by atoms with van der Waals surface area (Å²) >= 11 is 0. The van der Waals surface area contributed by atoms with Gasteiger partial charge in [-0.2, -0.15) is 0 Å². The van der Waals surface area contributed by atoms with Crippen LogP contribution in [-0.2, 0) is 14.2 Å². The lowest BCUT2D eigenvalue weighted by Crippen LogP contribution is -2.42. The summed E-state index contributed by atoms with van der Waals surface area (Å²) in [5, 5.41) is 0. The fraction of sp³-hybridized carbons (Fsp3) is 1.00. The summed E-state index contributed by atoms with van der Waals surface area (Å²) in [7, 11) is 0. The Labute approximate surface area is 157 Å². The Kier molecular flexibility index (Phi) is 11.3. The van der Waals surface area contributed by atoms with E-state index in [1.165, 1.54) is 64.2 Å². The molecule has 1 aliphatic rings. The van der Waals surface area contributed by atoms with Gasteiger partial charge in [-0.05, 0) is 40.0 Å². The van der Waals surface area contributed by atoms with Gasteiger partial charge in [0.05, 0.1) is 13.2 Å². The Hall–Kier alpha value is -0.120. The second kappa shape index (κ2) is 12.3. The average molecular weight is 357 g/mol. The minimum Gasteiger partial charge on any atom is -0.380 e. The van der Waals surface area contributed by atoms with Crippen molar-refractivity contribution in [3.05, 3.63) is 0 Å². The topological polar surface area (TPSA) is 27.7 Å². The SMILES string of the molecule is CCCCCCCCC(CCCC1(C)COC1)C(C)(OCC)OCC. The number of hydrogen-bond donors (Lipinski definition) is 0. The fourth-order valence-corrected chi connectivity index (χ4v) is 4.06. The first kappa shape index (κ1) is 22.9. The van der Waals surface area contributed by atoms with Gasteiger partial charge >= 0.3 is 0 Å². The van der Waals surface area contributed by atoms with E-state index in [0.717, 1.165) is 26.4 Å². The maximum atomic E-state index is 6.10. The van der Waals surface area contributed by atoms with E-state index in [9.17, 15) is 0 Å². The molecular formula is C22H44O3. The first-order valence-corrected chi connectivity index (χ1v) is 10.9. The van der Waals surface area contributed by atoms with Crippen molar-refractivity contribution in [3.8, 4) is 0 Å². The van der Waals surface area contributed by atoms with E-state index >= 15 is 0 Å². The summed E-state index contributed by atoms with van der Waals surface area (Å²) in [6.45, 7) is 14.2. The van der Waals surface area contributed by atoms with Crippen molar-refractivity contribution in [3.63, 3.8) is 0 Å². The summed E-state index contributed by atoms with van der Waals surface area (Å²) in [5.41, 5.74) is 0.415. The van der Waals surface area contributed by atoms with Gasteiger partial charge in [-0.25, -0.2) is 0 Å². The van der Waals surface area contributed by atoms with Gasteiger partial charge in [0, 0.05) is 24.5 Å². The fourth-order valence-electron chi connectivity index (χ4n) is 4.06. The predicted octanol–water partition coefficient (Wildman–Crippen LogP) is 6.35. The van der Waals surface area contributed by atoms with Crippen molar-refractivity contribution in [1.29, 1.82) is 0 Å². The molecule has 1 fully saturated rings. The highest BCUT2D eigenvalue weighted by molar-refractivity contribution is 4.82. The van der Waals surface area contributed by atoms with Crippen LogP contribution in [0.15, 0.2) is 0 Å². The lowest BCUT2D eigenvalue weighted by atomic mass is 9.80. The number of hydrogen-bond acceptors (Lipinski definition) is 3. The third-order valence-corrected chi connectivity index (χ3v) is 5.74. The summed E-state index contributed by atoms with van der Waals surface area (Å²) < 4.78 is 17.6. The van der Waals surface area contributed by atoms with Gasteiger partial charge in [-0.15, -0.1) is 0 Å². The molecular weight excluding hydrogens is 312 g/mol. The van der Waals surface area contributed by atoms with E-state index in [0.29, 0.717) is 11.3 Å². The highest BCUT2D eigenvalue weighted by Gasteiger charge is 2.37. The van der Waals surface area contributed by atoms with E-state index in [2.05, 4.69) is 34.6 Å². The highest BCUT2D eigenvalue weighted by atomic mass is 16.7. The molecule has 0 amide bonds. The maximum Gasteiger partial charge on any atom is 0.168 e. The normalized spacial score (nSPS) is 18.1. The molecule has 150 valence electrons. The molecule has 0 spiro atoms. The Morgan fingerprint density at radius 1 is 0.880 bits per heavy atom. The van der Waals surface area contributed by atoms with Crippen LogP contribution in [0.4, 0.5) is 0 Å². The molecule has 3 nitrogen and oxygen atoms in total. The Morgan fingerprint density at radius 3 is 1.96 bits per heavy atom.